The Labute approximate surface area is 95.1 Å². The van der Waals surface area contributed by atoms with Crippen molar-refractivity contribution in [2.24, 2.45) is 12.8 Å². The Morgan fingerprint density at radius 3 is 2.44 bits per heavy atom. The second kappa shape index (κ2) is 4.81. The molecule has 16 heavy (non-hydrogen) atoms. The average Bonchev–Trinajstić information content (AvgIpc) is 2.73. The molecule has 0 radical (unpaired) electrons. The van der Waals surface area contributed by atoms with E-state index in [9.17, 15) is 0 Å². The Kier molecular flexibility index (Phi) is 3.22. The van der Waals surface area contributed by atoms with E-state index in [0.717, 1.165) is 17.9 Å². The zero-order valence-electron chi connectivity index (χ0n) is 9.35. The molecule has 4 nitrogen and oxygen atoms in total. The quantitative estimate of drug-likeness (QED) is 0.814. The van der Waals surface area contributed by atoms with Gasteiger partial charge in [0.15, 0.2) is 0 Å². The lowest BCUT2D eigenvalue weighted by atomic mass is 10.1. The molecular weight excluding hydrogens is 200 g/mol. The van der Waals surface area contributed by atoms with Gasteiger partial charge in [0, 0.05) is 32.4 Å². The molecule has 0 aliphatic heterocycles. The molecule has 1 heterocycles. The van der Waals surface area contributed by atoms with Crippen molar-refractivity contribution in [2.45, 2.75) is 13.1 Å². The minimum absolute atomic E-state index is 0.591. The first kappa shape index (κ1) is 10.7. The fraction of sp³-hybridized carbons (Fsp3) is 0.250. The molecule has 1 aromatic heterocycles. The summed E-state index contributed by atoms with van der Waals surface area (Å²) < 4.78 is 1.78. The van der Waals surface area contributed by atoms with E-state index in [4.69, 9.17) is 5.73 Å². The normalized spacial score (nSPS) is 10.4. The first-order chi connectivity index (χ1) is 7.78. The van der Waals surface area contributed by atoms with Gasteiger partial charge in [-0.2, -0.15) is 5.10 Å². The van der Waals surface area contributed by atoms with E-state index in [0.29, 0.717) is 6.54 Å². The van der Waals surface area contributed by atoms with Gasteiger partial charge in [0.05, 0.1) is 0 Å². The lowest BCUT2D eigenvalue weighted by molar-refractivity contribution is 0.768. The fourth-order valence-electron chi connectivity index (χ4n) is 1.50. The zero-order valence-corrected chi connectivity index (χ0v) is 9.35. The zero-order chi connectivity index (χ0) is 11.4. The topological polar surface area (TPSA) is 55.9 Å². The van der Waals surface area contributed by atoms with Crippen LogP contribution in [0.3, 0.4) is 0 Å². The number of aromatic nitrogens is 2. The lowest BCUT2D eigenvalue weighted by Gasteiger charge is -2.04. The highest BCUT2D eigenvalue weighted by molar-refractivity contribution is 5.34. The molecule has 0 saturated heterocycles. The third-order valence-corrected chi connectivity index (χ3v) is 2.45. The number of nitrogens with zero attached hydrogens (tertiary/aromatic N) is 2. The van der Waals surface area contributed by atoms with Crippen molar-refractivity contribution in [2.75, 3.05) is 5.32 Å². The van der Waals surface area contributed by atoms with Gasteiger partial charge in [-0.05, 0) is 11.1 Å². The van der Waals surface area contributed by atoms with Gasteiger partial charge in [0.25, 0.3) is 0 Å². The van der Waals surface area contributed by atoms with E-state index in [-0.39, 0.29) is 0 Å². The van der Waals surface area contributed by atoms with Crippen molar-refractivity contribution >= 4 is 5.82 Å². The third kappa shape index (κ3) is 2.61. The molecule has 1 aromatic carbocycles. The smallest absolute Gasteiger partial charge is 0.148 e. The molecule has 2 aromatic rings. The maximum Gasteiger partial charge on any atom is 0.148 e. The van der Waals surface area contributed by atoms with E-state index in [1.807, 2.05) is 19.3 Å². The van der Waals surface area contributed by atoms with Gasteiger partial charge in [-0.25, -0.2) is 0 Å². The number of nitrogens with two attached hydrogens (primary N) is 1. The standard InChI is InChI=1S/C12H16N4/c1-16-7-6-12(15-16)14-9-11-4-2-10(8-13)3-5-11/h2-7H,8-9,13H2,1H3,(H,14,15). The van der Waals surface area contributed by atoms with E-state index in [1.54, 1.807) is 4.68 Å². The highest BCUT2D eigenvalue weighted by Crippen LogP contribution is 2.07. The van der Waals surface area contributed by atoms with E-state index in [1.165, 1.54) is 5.56 Å². The van der Waals surface area contributed by atoms with Crippen LogP contribution in [0.25, 0.3) is 0 Å². The Bertz CT molecular complexity index is 444. The van der Waals surface area contributed by atoms with Gasteiger partial charge in [-0.3, -0.25) is 4.68 Å². The number of hydrogen-bond acceptors (Lipinski definition) is 3. The molecule has 2 rings (SSSR count). The maximum absolute atomic E-state index is 5.54. The maximum atomic E-state index is 5.54. The molecule has 0 saturated carbocycles. The molecule has 0 amide bonds. The second-order valence-corrected chi connectivity index (χ2v) is 3.75. The fourth-order valence-corrected chi connectivity index (χ4v) is 1.50. The van der Waals surface area contributed by atoms with Crippen LogP contribution in [0.5, 0.6) is 0 Å². The van der Waals surface area contributed by atoms with Crippen LogP contribution in [0.1, 0.15) is 11.1 Å². The Balaban J connectivity index is 1.94. The summed E-state index contributed by atoms with van der Waals surface area (Å²) >= 11 is 0. The summed E-state index contributed by atoms with van der Waals surface area (Å²) in [6.07, 6.45) is 1.92. The molecule has 84 valence electrons. The van der Waals surface area contributed by atoms with Crippen LogP contribution in [0.2, 0.25) is 0 Å². The molecular formula is C12H16N4. The van der Waals surface area contributed by atoms with E-state index in [2.05, 4.69) is 34.7 Å². The first-order valence-electron chi connectivity index (χ1n) is 5.29. The summed E-state index contributed by atoms with van der Waals surface area (Å²) in [7, 11) is 1.90. The van der Waals surface area contributed by atoms with Gasteiger partial charge in [-0.1, -0.05) is 24.3 Å². The number of anilines is 1. The summed E-state index contributed by atoms with van der Waals surface area (Å²) in [5.74, 6) is 0.894. The van der Waals surface area contributed by atoms with Gasteiger partial charge in [-0.15, -0.1) is 0 Å². The third-order valence-electron chi connectivity index (χ3n) is 2.45. The Morgan fingerprint density at radius 1 is 1.19 bits per heavy atom. The molecule has 0 unspecified atom stereocenters. The minimum atomic E-state index is 0.591. The first-order valence-corrected chi connectivity index (χ1v) is 5.29. The van der Waals surface area contributed by atoms with Crippen LogP contribution >= 0.6 is 0 Å². The van der Waals surface area contributed by atoms with Crippen LogP contribution in [0, 0.1) is 0 Å². The number of hydrogen-bond donors (Lipinski definition) is 2. The summed E-state index contributed by atoms with van der Waals surface area (Å²) in [5.41, 5.74) is 7.92. The molecule has 0 atom stereocenters. The van der Waals surface area contributed by atoms with Crippen molar-refractivity contribution in [3.05, 3.63) is 47.7 Å². The van der Waals surface area contributed by atoms with Crippen LogP contribution in [0.15, 0.2) is 36.5 Å². The van der Waals surface area contributed by atoms with Gasteiger partial charge >= 0.3 is 0 Å². The van der Waals surface area contributed by atoms with Crippen molar-refractivity contribution in [3.8, 4) is 0 Å². The van der Waals surface area contributed by atoms with Crippen LogP contribution in [0.4, 0.5) is 5.82 Å². The van der Waals surface area contributed by atoms with Crippen LogP contribution in [-0.2, 0) is 20.1 Å². The van der Waals surface area contributed by atoms with Crippen molar-refractivity contribution in [1.82, 2.24) is 9.78 Å². The van der Waals surface area contributed by atoms with Crippen LogP contribution in [-0.4, -0.2) is 9.78 Å². The monoisotopic (exact) mass is 216 g/mol. The van der Waals surface area contributed by atoms with Crippen molar-refractivity contribution in [1.29, 1.82) is 0 Å². The summed E-state index contributed by atoms with van der Waals surface area (Å²) in [6, 6.07) is 10.2. The Morgan fingerprint density at radius 2 is 1.88 bits per heavy atom. The van der Waals surface area contributed by atoms with Gasteiger partial charge in [0.2, 0.25) is 0 Å². The molecule has 3 N–H and O–H groups in total. The molecule has 0 fully saturated rings. The highest BCUT2D eigenvalue weighted by Gasteiger charge is 1.96. The number of rotatable bonds is 4. The minimum Gasteiger partial charge on any atom is -0.365 e. The highest BCUT2D eigenvalue weighted by atomic mass is 15.3. The van der Waals surface area contributed by atoms with Gasteiger partial charge in [0.1, 0.15) is 5.82 Å². The molecule has 0 spiro atoms. The summed E-state index contributed by atoms with van der Waals surface area (Å²) in [6.45, 7) is 1.37. The average molecular weight is 216 g/mol. The predicted molar refractivity (Wildman–Crippen MR) is 64.9 cm³/mol. The second-order valence-electron chi connectivity index (χ2n) is 3.75. The SMILES string of the molecule is Cn1ccc(NCc2ccc(CN)cc2)n1. The number of benzene rings is 1. The molecule has 4 heteroatoms. The van der Waals surface area contributed by atoms with Crippen LogP contribution < -0.4 is 11.1 Å². The van der Waals surface area contributed by atoms with E-state index >= 15 is 0 Å². The largest absolute Gasteiger partial charge is 0.365 e. The molecule has 0 aliphatic rings. The predicted octanol–water partition coefficient (Wildman–Crippen LogP) is 1.49. The lowest BCUT2D eigenvalue weighted by Crippen LogP contribution is -2.01. The summed E-state index contributed by atoms with van der Waals surface area (Å²) in [4.78, 5) is 0. The van der Waals surface area contributed by atoms with E-state index < -0.39 is 0 Å². The molecule has 0 bridgehead atoms. The number of nitrogens with one attached hydrogen (secondary N) is 1. The summed E-state index contributed by atoms with van der Waals surface area (Å²) in [5, 5.41) is 7.50. The Hall–Kier alpha value is -1.81. The van der Waals surface area contributed by atoms with Crippen molar-refractivity contribution < 1.29 is 0 Å². The van der Waals surface area contributed by atoms with Crippen molar-refractivity contribution in [3.63, 3.8) is 0 Å². The van der Waals surface area contributed by atoms with Gasteiger partial charge < -0.3 is 11.1 Å². The molecule has 0 aliphatic carbocycles. The number of aryl methyl sites for hydroxylation is 1.